The summed E-state index contributed by atoms with van der Waals surface area (Å²) < 4.78 is 0.996. The summed E-state index contributed by atoms with van der Waals surface area (Å²) in [7, 11) is 7.04. The van der Waals surface area contributed by atoms with Crippen molar-refractivity contribution in [3.8, 4) is 0 Å². The molecule has 1 aromatic carbocycles. The van der Waals surface area contributed by atoms with Crippen molar-refractivity contribution in [2.75, 3.05) is 21.1 Å². The summed E-state index contributed by atoms with van der Waals surface area (Å²) in [4.78, 5) is 0. The molecule has 0 spiro atoms. The van der Waals surface area contributed by atoms with Crippen LogP contribution in [0.2, 0.25) is 0 Å². The highest BCUT2D eigenvalue weighted by molar-refractivity contribution is 5.21. The highest BCUT2D eigenvalue weighted by Gasteiger charge is 2.38. The molecule has 0 fully saturated rings. The number of quaternary nitrogens is 1. The van der Waals surface area contributed by atoms with E-state index in [0.717, 1.165) is 4.48 Å². The molecule has 0 aliphatic heterocycles. The molecule has 1 aromatic rings. The summed E-state index contributed by atoms with van der Waals surface area (Å²) in [5, 5.41) is 0. The van der Waals surface area contributed by atoms with Gasteiger partial charge in [0.15, 0.2) is 0 Å². The lowest BCUT2D eigenvalue weighted by molar-refractivity contribution is -0.930. The second-order valence-electron chi connectivity index (χ2n) is 10.7. The van der Waals surface area contributed by atoms with Gasteiger partial charge in [-0.15, -0.1) is 0 Å². The molecule has 0 bridgehead atoms. The molecule has 31 heavy (non-hydrogen) atoms. The normalized spacial score (nSPS) is 13.6. The Labute approximate surface area is 202 Å². The van der Waals surface area contributed by atoms with Crippen molar-refractivity contribution >= 4 is 0 Å². The van der Waals surface area contributed by atoms with E-state index in [9.17, 15) is 0 Å². The Hall–Kier alpha value is -0.530. The minimum absolute atomic E-state index is 0. The molecule has 0 aliphatic carbocycles. The van der Waals surface area contributed by atoms with Gasteiger partial charge < -0.3 is 16.9 Å². The Bertz CT molecular complexity index is 507. The quantitative estimate of drug-likeness (QED) is 0.172. The smallest absolute Gasteiger partial charge is 0.121 e. The molecule has 0 saturated heterocycles. The van der Waals surface area contributed by atoms with Gasteiger partial charge in [-0.25, -0.2) is 0 Å². The lowest BCUT2D eigenvalue weighted by atomic mass is 9.83. The Morgan fingerprint density at radius 2 is 0.935 bits per heavy atom. The molecule has 0 aromatic heterocycles. The molecule has 1 nitrogen and oxygen atoms in total. The van der Waals surface area contributed by atoms with E-state index < -0.39 is 0 Å². The Kier molecular flexibility index (Phi) is 17.7. The summed E-state index contributed by atoms with van der Waals surface area (Å²) in [5.74, 6) is 0. The van der Waals surface area contributed by atoms with Gasteiger partial charge in [-0.05, 0) is 13.3 Å². The van der Waals surface area contributed by atoms with Gasteiger partial charge in [0.25, 0.3) is 0 Å². The number of hydrogen-bond donors (Lipinski definition) is 0. The predicted octanol–water partition coefficient (Wildman–Crippen LogP) is 6.26. The van der Waals surface area contributed by atoms with Crippen molar-refractivity contribution < 1.29 is 16.9 Å². The van der Waals surface area contributed by atoms with Gasteiger partial charge in [0, 0.05) is 12.0 Å². The number of rotatable bonds is 19. The van der Waals surface area contributed by atoms with E-state index in [1.54, 1.807) is 0 Å². The first-order valence-corrected chi connectivity index (χ1v) is 13.3. The molecule has 0 aliphatic rings. The monoisotopic (exact) mass is 451 g/mol. The molecule has 1 rings (SSSR count). The zero-order valence-electron chi connectivity index (χ0n) is 21.7. The first-order valence-electron chi connectivity index (χ1n) is 13.3. The summed E-state index contributed by atoms with van der Waals surface area (Å²) in [6.07, 6.45) is 24.3. The van der Waals surface area contributed by atoms with Crippen LogP contribution in [0.1, 0.15) is 129 Å². The average Bonchev–Trinajstić information content (AvgIpc) is 2.73. The third-order valence-electron chi connectivity index (χ3n) is 7.39. The van der Waals surface area contributed by atoms with Gasteiger partial charge in [0.2, 0.25) is 0 Å². The van der Waals surface area contributed by atoms with Crippen molar-refractivity contribution in [2.45, 2.75) is 129 Å². The van der Waals surface area contributed by atoms with Crippen molar-refractivity contribution in [2.24, 2.45) is 0 Å². The van der Waals surface area contributed by atoms with E-state index in [2.05, 4.69) is 65.3 Å². The molecule has 0 heterocycles. The first kappa shape index (κ1) is 30.5. The van der Waals surface area contributed by atoms with Crippen molar-refractivity contribution in [1.82, 2.24) is 0 Å². The fourth-order valence-electron chi connectivity index (χ4n) is 4.68. The second kappa shape index (κ2) is 18.0. The Morgan fingerprint density at radius 1 is 0.581 bits per heavy atom. The zero-order chi connectivity index (χ0) is 22.1. The van der Waals surface area contributed by atoms with E-state index in [1.807, 2.05) is 0 Å². The summed E-state index contributed by atoms with van der Waals surface area (Å²) in [5.41, 5.74) is 1.69. The van der Waals surface area contributed by atoms with Crippen LogP contribution in [0.4, 0.5) is 0 Å². The molecule has 1 atom stereocenters. The molecule has 0 N–H and O–H groups in total. The largest absolute Gasteiger partial charge is 1.00 e. The number of unbranched alkanes of at least 4 members (excludes halogenated alkanes) is 15. The molecule has 182 valence electrons. The highest BCUT2D eigenvalue weighted by Crippen LogP contribution is 2.36. The van der Waals surface area contributed by atoms with Crippen LogP contribution in [0, 0.1) is 0 Å². The van der Waals surface area contributed by atoms with E-state index in [-0.39, 0.29) is 17.9 Å². The third kappa shape index (κ3) is 12.9. The topological polar surface area (TPSA) is 0 Å². The fourth-order valence-corrected chi connectivity index (χ4v) is 4.68. The summed E-state index contributed by atoms with van der Waals surface area (Å²) in [6.45, 7) is 4.75. The molecule has 0 amide bonds. The van der Waals surface area contributed by atoms with Crippen molar-refractivity contribution in [1.29, 1.82) is 0 Å². The van der Waals surface area contributed by atoms with Gasteiger partial charge >= 0.3 is 0 Å². The maximum Gasteiger partial charge on any atom is 0.121 e. The maximum absolute atomic E-state index is 2.45. The molecule has 0 radical (unpaired) electrons. The number of benzene rings is 1. The van der Waals surface area contributed by atoms with Gasteiger partial charge in [-0.1, -0.05) is 134 Å². The van der Waals surface area contributed by atoms with Crippen molar-refractivity contribution in [3.63, 3.8) is 0 Å². The van der Waals surface area contributed by atoms with Crippen LogP contribution >= 0.6 is 0 Å². The maximum atomic E-state index is 2.45. The van der Waals surface area contributed by atoms with Crippen LogP contribution in [-0.4, -0.2) is 25.6 Å². The Balaban J connectivity index is 0.00000900. The van der Waals surface area contributed by atoms with E-state index in [1.165, 1.54) is 115 Å². The van der Waals surface area contributed by atoms with Crippen LogP contribution in [0.25, 0.3) is 0 Å². The summed E-state index contributed by atoms with van der Waals surface area (Å²) in [6, 6.07) is 11.1. The van der Waals surface area contributed by atoms with Gasteiger partial charge in [0.05, 0.1) is 21.1 Å². The van der Waals surface area contributed by atoms with E-state index in [0.29, 0.717) is 0 Å². The first-order chi connectivity index (χ1) is 14.4. The Morgan fingerprint density at radius 3 is 1.29 bits per heavy atom. The minimum atomic E-state index is 0. The van der Waals surface area contributed by atoms with Gasteiger partial charge in [-0.2, -0.15) is 0 Å². The number of nitrogens with zero attached hydrogens (tertiary/aromatic N) is 1. The van der Waals surface area contributed by atoms with Crippen LogP contribution < -0.4 is 12.4 Å². The van der Waals surface area contributed by atoms with E-state index >= 15 is 0 Å². The number of halogens is 1. The van der Waals surface area contributed by atoms with Gasteiger partial charge in [-0.3, -0.25) is 0 Å². The van der Waals surface area contributed by atoms with Crippen LogP contribution in [0.3, 0.4) is 0 Å². The fraction of sp³-hybridized carbons (Fsp3) is 0.793. The summed E-state index contributed by atoms with van der Waals surface area (Å²) >= 11 is 0. The van der Waals surface area contributed by atoms with Crippen LogP contribution in [-0.2, 0) is 5.54 Å². The third-order valence-corrected chi connectivity index (χ3v) is 7.39. The lowest BCUT2D eigenvalue weighted by Gasteiger charge is -2.44. The molecular formula is C29H54ClN. The van der Waals surface area contributed by atoms with Crippen molar-refractivity contribution in [3.05, 3.63) is 35.9 Å². The van der Waals surface area contributed by atoms with Gasteiger partial charge in [0.1, 0.15) is 5.54 Å². The zero-order valence-corrected chi connectivity index (χ0v) is 22.5. The van der Waals surface area contributed by atoms with Crippen LogP contribution in [0.5, 0.6) is 0 Å². The molecule has 0 saturated carbocycles. The molecular weight excluding hydrogens is 398 g/mol. The second-order valence-corrected chi connectivity index (χ2v) is 10.7. The number of hydrogen-bond acceptors (Lipinski definition) is 0. The minimum Gasteiger partial charge on any atom is -1.00 e. The average molecular weight is 452 g/mol. The molecule has 2 heteroatoms. The standard InChI is InChI=1S/C29H54N.ClH/c1-6-7-8-9-10-11-12-13-14-15-16-17-18-19-20-24-27-29(2,30(3,4)5)28-25-22-21-23-26-28;/h21-23,25-26H,6-20,24,27H2,1-5H3;1H/q+1;/p-1. The predicted molar refractivity (Wildman–Crippen MR) is 136 cm³/mol. The lowest BCUT2D eigenvalue weighted by Crippen LogP contribution is -3.00. The van der Waals surface area contributed by atoms with E-state index in [4.69, 9.17) is 0 Å². The molecule has 1 unspecified atom stereocenters. The highest BCUT2D eigenvalue weighted by atomic mass is 35.5. The SMILES string of the molecule is CCCCCCCCCCCCCCCCCCC(C)(c1ccccc1)[N+](C)(C)C.[Cl-]. The van der Waals surface area contributed by atoms with Crippen LogP contribution in [0.15, 0.2) is 30.3 Å².